The highest BCUT2D eigenvalue weighted by molar-refractivity contribution is 7.89. The molecule has 21 heavy (non-hydrogen) atoms. The number of likely N-dealkylation sites (N-methyl/N-ethyl adjacent to an activating group) is 1. The molecular formula is C12H17N3O5S. The average Bonchev–Trinajstić information content (AvgIpc) is 2.47. The van der Waals surface area contributed by atoms with E-state index in [0.717, 1.165) is 31.5 Å². The van der Waals surface area contributed by atoms with E-state index in [9.17, 15) is 23.6 Å². The van der Waals surface area contributed by atoms with E-state index >= 15 is 0 Å². The standard InChI is InChI=1S/C12H17N3O5S/c1-14(9-3-2-6-13-8-9)21(19,20)10-4-5-12(16)11(7-10)15(17)18/h4-5,7,9,13,16H,2-3,6,8H2,1H3. The molecule has 1 fully saturated rings. The number of nitro groups is 1. The number of nitrogens with one attached hydrogen (secondary N) is 1. The van der Waals surface area contributed by atoms with Gasteiger partial charge in [0.25, 0.3) is 0 Å². The maximum Gasteiger partial charge on any atom is 0.312 e. The Kier molecular flexibility index (Phi) is 4.45. The third-order valence-electron chi connectivity index (χ3n) is 3.61. The molecule has 0 radical (unpaired) electrons. The zero-order chi connectivity index (χ0) is 15.6. The molecule has 1 heterocycles. The molecule has 1 atom stereocenters. The van der Waals surface area contributed by atoms with Gasteiger partial charge in [-0.2, -0.15) is 4.31 Å². The molecule has 2 N–H and O–H groups in total. The Hall–Kier alpha value is -1.71. The molecule has 0 saturated carbocycles. The van der Waals surface area contributed by atoms with Crippen LogP contribution in [0.4, 0.5) is 5.69 Å². The second-order valence-electron chi connectivity index (χ2n) is 4.93. The van der Waals surface area contributed by atoms with Crippen LogP contribution in [0.1, 0.15) is 12.8 Å². The van der Waals surface area contributed by atoms with Gasteiger partial charge in [0.1, 0.15) is 0 Å². The molecule has 0 aliphatic carbocycles. The normalized spacial score (nSPS) is 19.6. The summed E-state index contributed by atoms with van der Waals surface area (Å²) in [5.74, 6) is -0.555. The van der Waals surface area contributed by atoms with Gasteiger partial charge in [0.15, 0.2) is 5.75 Å². The molecule has 1 aliphatic rings. The van der Waals surface area contributed by atoms with Crippen molar-refractivity contribution in [2.45, 2.75) is 23.8 Å². The number of sulfonamides is 1. The molecule has 1 unspecified atom stereocenters. The monoisotopic (exact) mass is 315 g/mol. The first kappa shape index (κ1) is 15.7. The maximum atomic E-state index is 12.5. The summed E-state index contributed by atoms with van der Waals surface area (Å²) in [6, 6.07) is 2.90. The molecule has 0 aromatic heterocycles. The highest BCUT2D eigenvalue weighted by atomic mass is 32.2. The van der Waals surface area contributed by atoms with Crippen LogP contribution in [0.2, 0.25) is 0 Å². The smallest absolute Gasteiger partial charge is 0.312 e. The number of hydrogen-bond donors (Lipinski definition) is 2. The minimum atomic E-state index is -3.83. The van der Waals surface area contributed by atoms with Gasteiger partial charge in [-0.3, -0.25) is 10.1 Å². The molecule has 8 nitrogen and oxygen atoms in total. The van der Waals surface area contributed by atoms with E-state index in [2.05, 4.69) is 5.32 Å². The van der Waals surface area contributed by atoms with Gasteiger partial charge in [-0.1, -0.05) is 0 Å². The van der Waals surface area contributed by atoms with E-state index in [1.165, 1.54) is 17.4 Å². The van der Waals surface area contributed by atoms with Crippen LogP contribution in [0.5, 0.6) is 5.75 Å². The summed E-state index contributed by atoms with van der Waals surface area (Å²) in [6.45, 7) is 1.41. The number of phenolic OH excluding ortho intramolecular Hbond substituents is 1. The van der Waals surface area contributed by atoms with E-state index in [0.29, 0.717) is 6.54 Å². The zero-order valence-electron chi connectivity index (χ0n) is 11.5. The predicted octanol–water partition coefficient (Wildman–Crippen LogP) is 0.673. The molecule has 1 aliphatic heterocycles. The van der Waals surface area contributed by atoms with Gasteiger partial charge in [0, 0.05) is 25.7 Å². The molecule has 0 bridgehead atoms. The summed E-state index contributed by atoms with van der Waals surface area (Å²) in [4.78, 5) is 9.80. The maximum absolute atomic E-state index is 12.5. The quantitative estimate of drug-likeness (QED) is 0.624. The number of aromatic hydroxyl groups is 1. The lowest BCUT2D eigenvalue weighted by Crippen LogP contribution is -2.46. The summed E-state index contributed by atoms with van der Waals surface area (Å²) < 4.78 is 26.3. The lowest BCUT2D eigenvalue weighted by Gasteiger charge is -2.30. The Morgan fingerprint density at radius 2 is 2.19 bits per heavy atom. The largest absolute Gasteiger partial charge is 0.502 e. The SMILES string of the molecule is CN(C1CCCNC1)S(=O)(=O)c1ccc(O)c([N+](=O)[O-])c1. The topological polar surface area (TPSA) is 113 Å². The van der Waals surface area contributed by atoms with E-state index in [1.807, 2.05) is 0 Å². The lowest BCUT2D eigenvalue weighted by molar-refractivity contribution is -0.386. The van der Waals surface area contributed by atoms with Gasteiger partial charge in [-0.25, -0.2) is 8.42 Å². The minimum Gasteiger partial charge on any atom is -0.502 e. The van der Waals surface area contributed by atoms with Crippen molar-refractivity contribution in [2.24, 2.45) is 0 Å². The third kappa shape index (κ3) is 3.14. The van der Waals surface area contributed by atoms with Crippen LogP contribution in [-0.4, -0.2) is 48.9 Å². The summed E-state index contributed by atoms with van der Waals surface area (Å²) in [7, 11) is -2.37. The van der Waals surface area contributed by atoms with Crippen LogP contribution < -0.4 is 5.32 Å². The number of benzene rings is 1. The number of nitrogens with zero attached hydrogens (tertiary/aromatic N) is 2. The highest BCUT2D eigenvalue weighted by Gasteiger charge is 2.30. The zero-order valence-corrected chi connectivity index (χ0v) is 12.3. The van der Waals surface area contributed by atoms with Crippen molar-refractivity contribution in [2.75, 3.05) is 20.1 Å². The second kappa shape index (κ2) is 5.96. The van der Waals surface area contributed by atoms with Crippen molar-refractivity contribution in [3.8, 4) is 5.75 Å². The first-order chi connectivity index (χ1) is 9.84. The van der Waals surface area contributed by atoms with Gasteiger partial charge < -0.3 is 10.4 Å². The minimum absolute atomic E-state index is 0.184. The predicted molar refractivity (Wildman–Crippen MR) is 75.6 cm³/mol. The van der Waals surface area contributed by atoms with Crippen molar-refractivity contribution in [3.05, 3.63) is 28.3 Å². The molecule has 0 amide bonds. The Morgan fingerprint density at radius 3 is 2.76 bits per heavy atom. The first-order valence-electron chi connectivity index (χ1n) is 6.50. The third-order valence-corrected chi connectivity index (χ3v) is 5.51. The number of rotatable bonds is 4. The van der Waals surface area contributed by atoms with Gasteiger partial charge in [0.05, 0.1) is 9.82 Å². The fourth-order valence-electron chi connectivity index (χ4n) is 2.32. The Morgan fingerprint density at radius 1 is 1.48 bits per heavy atom. The summed E-state index contributed by atoms with van der Waals surface area (Å²) in [5.41, 5.74) is -0.619. The van der Waals surface area contributed by atoms with Crippen molar-refractivity contribution < 1.29 is 18.4 Å². The molecular weight excluding hydrogens is 298 g/mol. The van der Waals surface area contributed by atoms with Crippen LogP contribution >= 0.6 is 0 Å². The first-order valence-corrected chi connectivity index (χ1v) is 7.94. The van der Waals surface area contributed by atoms with Crippen LogP contribution in [-0.2, 0) is 10.0 Å². The molecule has 0 spiro atoms. The van der Waals surface area contributed by atoms with Crippen molar-refractivity contribution in [1.82, 2.24) is 9.62 Å². The van der Waals surface area contributed by atoms with Gasteiger partial charge in [-0.05, 0) is 31.5 Å². The highest BCUT2D eigenvalue weighted by Crippen LogP contribution is 2.30. The Bertz CT molecular complexity index is 640. The molecule has 1 saturated heterocycles. The van der Waals surface area contributed by atoms with Gasteiger partial charge >= 0.3 is 5.69 Å². The van der Waals surface area contributed by atoms with Crippen LogP contribution in [0.25, 0.3) is 0 Å². The Balaban J connectivity index is 2.34. The van der Waals surface area contributed by atoms with Crippen LogP contribution in [0.3, 0.4) is 0 Å². The number of hydrogen-bond acceptors (Lipinski definition) is 6. The molecule has 1 aromatic rings. The van der Waals surface area contributed by atoms with Crippen molar-refractivity contribution in [3.63, 3.8) is 0 Å². The van der Waals surface area contributed by atoms with Gasteiger partial charge in [0.2, 0.25) is 10.0 Å². The van der Waals surface area contributed by atoms with E-state index in [4.69, 9.17) is 0 Å². The lowest BCUT2D eigenvalue weighted by atomic mass is 10.1. The number of nitro benzene ring substituents is 1. The molecule has 1 aromatic carbocycles. The van der Waals surface area contributed by atoms with Crippen molar-refractivity contribution >= 4 is 15.7 Å². The summed E-state index contributed by atoms with van der Waals surface area (Å²) in [6.07, 6.45) is 1.61. The molecule has 2 rings (SSSR count). The van der Waals surface area contributed by atoms with Crippen molar-refractivity contribution in [1.29, 1.82) is 0 Å². The second-order valence-corrected chi connectivity index (χ2v) is 6.93. The number of piperidine rings is 1. The van der Waals surface area contributed by atoms with Crippen LogP contribution in [0, 0.1) is 10.1 Å². The fourth-order valence-corrected chi connectivity index (χ4v) is 3.72. The van der Waals surface area contributed by atoms with E-state index in [-0.39, 0.29) is 10.9 Å². The number of phenols is 1. The molecule has 116 valence electrons. The Labute approximate surface area is 122 Å². The molecule has 9 heteroatoms. The fraction of sp³-hybridized carbons (Fsp3) is 0.500. The van der Waals surface area contributed by atoms with E-state index < -0.39 is 26.4 Å². The summed E-state index contributed by atoms with van der Waals surface area (Å²) >= 11 is 0. The summed E-state index contributed by atoms with van der Waals surface area (Å²) in [5, 5.41) is 23.3. The van der Waals surface area contributed by atoms with E-state index in [1.54, 1.807) is 0 Å². The van der Waals surface area contributed by atoms with Crippen LogP contribution in [0.15, 0.2) is 23.1 Å². The van der Waals surface area contributed by atoms with Gasteiger partial charge in [-0.15, -0.1) is 0 Å². The average molecular weight is 315 g/mol.